The van der Waals surface area contributed by atoms with E-state index in [0.29, 0.717) is 4.83 Å². The van der Waals surface area contributed by atoms with Gasteiger partial charge in [0.05, 0.1) is 0 Å². The molecule has 1 unspecified atom stereocenters. The Bertz CT molecular complexity index is 312. The normalized spacial score (nSPS) is 19.6. The van der Waals surface area contributed by atoms with Crippen LogP contribution in [0.4, 0.5) is 0 Å². The molecule has 0 bridgehead atoms. The molecule has 16 heavy (non-hydrogen) atoms. The molecular weight excluding hydrogens is 328 g/mol. The summed E-state index contributed by atoms with van der Waals surface area (Å²) in [5.74, 6) is 0.932. The first-order valence-corrected chi connectivity index (χ1v) is 7.86. The molecule has 1 aliphatic carbocycles. The van der Waals surface area contributed by atoms with Gasteiger partial charge in [0.1, 0.15) is 0 Å². The molecule has 0 aliphatic heterocycles. The summed E-state index contributed by atoms with van der Waals surface area (Å²) >= 11 is 7.31. The van der Waals surface area contributed by atoms with E-state index >= 15 is 0 Å². The Morgan fingerprint density at radius 2 is 1.69 bits per heavy atom. The zero-order chi connectivity index (χ0) is 11.4. The quantitative estimate of drug-likeness (QED) is 0.602. The molecule has 0 amide bonds. The number of hydrogen-bond donors (Lipinski definition) is 0. The number of rotatable bonds is 3. The number of alkyl halides is 1. The first-order chi connectivity index (χ1) is 7.75. The number of hydrogen-bond acceptors (Lipinski definition) is 0. The number of halogens is 2. The van der Waals surface area contributed by atoms with Crippen LogP contribution in [-0.4, -0.2) is 0 Å². The zero-order valence-corrected chi connectivity index (χ0v) is 12.6. The van der Waals surface area contributed by atoms with E-state index in [-0.39, 0.29) is 0 Å². The lowest BCUT2D eigenvalue weighted by atomic mass is 9.85. The topological polar surface area (TPSA) is 0 Å². The summed E-state index contributed by atoms with van der Waals surface area (Å²) in [5, 5.41) is 0. The molecule has 1 atom stereocenters. The van der Waals surface area contributed by atoms with Crippen LogP contribution in [0.3, 0.4) is 0 Å². The van der Waals surface area contributed by atoms with E-state index in [0.717, 1.165) is 10.4 Å². The van der Waals surface area contributed by atoms with E-state index < -0.39 is 0 Å². The molecule has 1 saturated carbocycles. The van der Waals surface area contributed by atoms with E-state index in [1.54, 1.807) is 0 Å². The summed E-state index contributed by atoms with van der Waals surface area (Å²) in [6.07, 6.45) is 8.47. The van der Waals surface area contributed by atoms with Gasteiger partial charge in [0.2, 0.25) is 0 Å². The Balaban J connectivity index is 1.91. The highest BCUT2D eigenvalue weighted by molar-refractivity contribution is 9.10. The summed E-state index contributed by atoms with van der Waals surface area (Å²) in [6.45, 7) is 0. The van der Waals surface area contributed by atoms with Crippen LogP contribution in [0.15, 0.2) is 28.7 Å². The molecular formula is C14H18Br2. The van der Waals surface area contributed by atoms with Crippen LogP contribution in [0, 0.1) is 5.92 Å². The van der Waals surface area contributed by atoms with Crippen molar-refractivity contribution in [3.63, 3.8) is 0 Å². The molecule has 1 aromatic rings. The summed E-state index contributed by atoms with van der Waals surface area (Å²) in [6, 6.07) is 8.69. The first-order valence-electron chi connectivity index (χ1n) is 6.15. The molecule has 2 rings (SSSR count). The van der Waals surface area contributed by atoms with Crippen molar-refractivity contribution < 1.29 is 0 Å². The van der Waals surface area contributed by atoms with Gasteiger partial charge in [-0.1, -0.05) is 76.1 Å². The average Bonchev–Trinajstić information content (AvgIpc) is 2.31. The third-order valence-electron chi connectivity index (χ3n) is 3.50. The molecule has 0 saturated heterocycles. The SMILES string of the molecule is Brc1ccc(C(Br)CC2CCCCC2)cc1. The van der Waals surface area contributed by atoms with Crippen LogP contribution in [-0.2, 0) is 0 Å². The smallest absolute Gasteiger partial charge is 0.0398 e. The Morgan fingerprint density at radius 1 is 1.06 bits per heavy atom. The maximum atomic E-state index is 3.83. The lowest BCUT2D eigenvalue weighted by Gasteiger charge is -2.24. The van der Waals surface area contributed by atoms with Crippen LogP contribution in [0.1, 0.15) is 48.9 Å². The lowest BCUT2D eigenvalue weighted by Crippen LogP contribution is -2.08. The Morgan fingerprint density at radius 3 is 2.31 bits per heavy atom. The molecule has 1 fully saturated rings. The highest BCUT2D eigenvalue weighted by Gasteiger charge is 2.18. The van der Waals surface area contributed by atoms with Crippen molar-refractivity contribution in [2.75, 3.05) is 0 Å². The molecule has 0 heterocycles. The molecule has 0 aromatic heterocycles. The van der Waals surface area contributed by atoms with Gasteiger partial charge >= 0.3 is 0 Å². The predicted octanol–water partition coefficient (Wildman–Crippen LogP) is 5.86. The fraction of sp³-hybridized carbons (Fsp3) is 0.571. The Kier molecular flexibility index (Phi) is 4.90. The van der Waals surface area contributed by atoms with Gasteiger partial charge in [-0.2, -0.15) is 0 Å². The average molecular weight is 346 g/mol. The van der Waals surface area contributed by atoms with Crippen LogP contribution < -0.4 is 0 Å². The lowest BCUT2D eigenvalue weighted by molar-refractivity contribution is 0.338. The van der Waals surface area contributed by atoms with Crippen molar-refractivity contribution in [1.82, 2.24) is 0 Å². The second-order valence-corrected chi connectivity index (χ2v) is 6.78. The van der Waals surface area contributed by atoms with Crippen LogP contribution in [0.5, 0.6) is 0 Å². The van der Waals surface area contributed by atoms with Crippen LogP contribution >= 0.6 is 31.9 Å². The summed E-state index contributed by atoms with van der Waals surface area (Å²) in [5.41, 5.74) is 1.41. The van der Waals surface area contributed by atoms with Gasteiger partial charge in [-0.15, -0.1) is 0 Å². The van der Waals surface area contributed by atoms with E-state index in [1.807, 2.05) is 0 Å². The largest absolute Gasteiger partial charge is 0.0839 e. The molecule has 0 N–H and O–H groups in total. The van der Waals surface area contributed by atoms with Gasteiger partial charge in [-0.3, -0.25) is 0 Å². The monoisotopic (exact) mass is 344 g/mol. The maximum Gasteiger partial charge on any atom is 0.0398 e. The molecule has 0 nitrogen and oxygen atoms in total. The highest BCUT2D eigenvalue weighted by atomic mass is 79.9. The van der Waals surface area contributed by atoms with Crippen molar-refractivity contribution in [3.05, 3.63) is 34.3 Å². The third-order valence-corrected chi connectivity index (χ3v) is 4.93. The third kappa shape index (κ3) is 3.59. The van der Waals surface area contributed by atoms with Gasteiger partial charge in [-0.25, -0.2) is 0 Å². The molecule has 0 spiro atoms. The molecule has 1 aromatic carbocycles. The highest BCUT2D eigenvalue weighted by Crippen LogP contribution is 2.36. The summed E-state index contributed by atoms with van der Waals surface area (Å²) in [4.78, 5) is 0.531. The minimum absolute atomic E-state index is 0.531. The minimum atomic E-state index is 0.531. The fourth-order valence-corrected chi connectivity index (χ4v) is 3.62. The second kappa shape index (κ2) is 6.20. The van der Waals surface area contributed by atoms with Gasteiger partial charge in [-0.05, 0) is 30.0 Å². The van der Waals surface area contributed by atoms with Gasteiger partial charge in [0, 0.05) is 9.30 Å². The number of benzene rings is 1. The Hall–Kier alpha value is 0.180. The van der Waals surface area contributed by atoms with E-state index in [1.165, 1.54) is 44.1 Å². The molecule has 2 heteroatoms. The van der Waals surface area contributed by atoms with E-state index in [9.17, 15) is 0 Å². The standard InChI is InChI=1S/C14H18Br2/c15-13-8-6-12(7-9-13)14(16)10-11-4-2-1-3-5-11/h6-9,11,14H,1-5,10H2. The second-order valence-electron chi connectivity index (χ2n) is 4.76. The predicted molar refractivity (Wildman–Crippen MR) is 77.0 cm³/mol. The Labute approximate surface area is 115 Å². The van der Waals surface area contributed by atoms with Crippen LogP contribution in [0.25, 0.3) is 0 Å². The van der Waals surface area contributed by atoms with Crippen molar-refractivity contribution in [2.24, 2.45) is 5.92 Å². The molecule has 1 aliphatic rings. The fourth-order valence-electron chi connectivity index (χ4n) is 2.52. The maximum absolute atomic E-state index is 3.83. The molecule has 88 valence electrons. The van der Waals surface area contributed by atoms with Crippen molar-refractivity contribution in [3.8, 4) is 0 Å². The summed E-state index contributed by atoms with van der Waals surface area (Å²) in [7, 11) is 0. The zero-order valence-electron chi connectivity index (χ0n) is 9.46. The summed E-state index contributed by atoms with van der Waals surface area (Å²) < 4.78 is 1.16. The van der Waals surface area contributed by atoms with Crippen molar-refractivity contribution in [2.45, 2.75) is 43.4 Å². The molecule has 0 radical (unpaired) electrons. The first kappa shape index (κ1) is 12.6. The van der Waals surface area contributed by atoms with Gasteiger partial charge in [0.25, 0.3) is 0 Å². The van der Waals surface area contributed by atoms with Crippen molar-refractivity contribution in [1.29, 1.82) is 0 Å². The van der Waals surface area contributed by atoms with Gasteiger partial charge < -0.3 is 0 Å². The van der Waals surface area contributed by atoms with Crippen molar-refractivity contribution >= 4 is 31.9 Å². The minimum Gasteiger partial charge on any atom is -0.0839 e. The van der Waals surface area contributed by atoms with Gasteiger partial charge in [0.15, 0.2) is 0 Å². The van der Waals surface area contributed by atoms with E-state index in [2.05, 4.69) is 56.1 Å². The van der Waals surface area contributed by atoms with E-state index in [4.69, 9.17) is 0 Å². The van der Waals surface area contributed by atoms with Crippen LogP contribution in [0.2, 0.25) is 0 Å².